The van der Waals surface area contributed by atoms with Crippen molar-refractivity contribution in [2.75, 3.05) is 0 Å². The molecule has 1 heterocycles. The van der Waals surface area contributed by atoms with E-state index in [1.165, 1.54) is 11.3 Å². The molecule has 0 unspecified atom stereocenters. The number of rotatable bonds is 10. The summed E-state index contributed by atoms with van der Waals surface area (Å²) in [6.45, 7) is 0.183. The fourth-order valence-electron chi connectivity index (χ4n) is 2.97. The maximum atomic E-state index is 12.8. The van der Waals surface area contributed by atoms with Crippen molar-refractivity contribution in [3.8, 4) is 0 Å². The second-order valence-electron chi connectivity index (χ2n) is 6.77. The first-order valence-electron chi connectivity index (χ1n) is 9.69. The van der Waals surface area contributed by atoms with E-state index < -0.39 is 17.7 Å². The first kappa shape index (κ1) is 21.4. The van der Waals surface area contributed by atoms with Crippen LogP contribution >= 0.6 is 11.3 Å². The number of nitrogens with zero attached hydrogens (tertiary/aromatic N) is 1. The molecule has 2 N–H and O–H groups in total. The van der Waals surface area contributed by atoms with E-state index in [2.05, 4.69) is 15.6 Å². The molecule has 0 bridgehead atoms. The van der Waals surface area contributed by atoms with Crippen molar-refractivity contribution >= 4 is 28.9 Å². The quantitative estimate of drug-likeness (QED) is 0.493. The summed E-state index contributed by atoms with van der Waals surface area (Å²) >= 11 is 1.40. The molecule has 0 spiro atoms. The Bertz CT molecular complexity index is 960. The third-order valence-corrected chi connectivity index (χ3v) is 5.30. The highest BCUT2D eigenvalue weighted by Crippen LogP contribution is 2.07. The van der Waals surface area contributed by atoms with Crippen LogP contribution in [-0.2, 0) is 33.8 Å². The Morgan fingerprint density at radius 3 is 2.23 bits per heavy atom. The Balaban J connectivity index is 1.62. The molecule has 1 atom stereocenters. The lowest BCUT2D eigenvalue weighted by Gasteiger charge is -2.17. The average Bonchev–Trinajstić information content (AvgIpc) is 3.30. The monoisotopic (exact) mass is 421 g/mol. The molecule has 0 saturated carbocycles. The number of hydrogen-bond acceptors (Lipinski definition) is 5. The van der Waals surface area contributed by atoms with Gasteiger partial charge in [0.25, 0.3) is 5.91 Å². The summed E-state index contributed by atoms with van der Waals surface area (Å²) in [5.74, 6) is -1.65. The van der Waals surface area contributed by atoms with Crippen LogP contribution in [0.5, 0.6) is 0 Å². The van der Waals surface area contributed by atoms with Gasteiger partial charge < -0.3 is 10.6 Å². The van der Waals surface area contributed by atoms with Gasteiger partial charge in [0.2, 0.25) is 11.7 Å². The normalized spacial score (nSPS) is 11.5. The van der Waals surface area contributed by atoms with Crippen molar-refractivity contribution in [2.45, 2.75) is 31.8 Å². The van der Waals surface area contributed by atoms with Gasteiger partial charge in [0.1, 0.15) is 11.0 Å². The number of aromatic nitrogens is 1. The molecule has 7 heteroatoms. The number of ketones is 1. The number of carbonyl (C=O) groups is 3. The van der Waals surface area contributed by atoms with Crippen LogP contribution in [0.2, 0.25) is 0 Å². The van der Waals surface area contributed by atoms with E-state index in [0.717, 1.165) is 11.1 Å². The molecular weight excluding hydrogens is 398 g/mol. The summed E-state index contributed by atoms with van der Waals surface area (Å²) in [4.78, 5) is 41.7. The van der Waals surface area contributed by atoms with Gasteiger partial charge in [-0.25, -0.2) is 4.98 Å². The highest BCUT2D eigenvalue weighted by molar-refractivity contribution is 7.09. The molecule has 0 saturated heterocycles. The molecule has 0 radical (unpaired) electrons. The first-order chi connectivity index (χ1) is 14.6. The van der Waals surface area contributed by atoms with Crippen molar-refractivity contribution in [3.63, 3.8) is 0 Å². The van der Waals surface area contributed by atoms with Gasteiger partial charge in [0, 0.05) is 24.4 Å². The van der Waals surface area contributed by atoms with Gasteiger partial charge >= 0.3 is 0 Å². The highest BCUT2D eigenvalue weighted by Gasteiger charge is 2.27. The molecule has 6 nitrogen and oxygen atoms in total. The van der Waals surface area contributed by atoms with Gasteiger partial charge in [0.05, 0.1) is 6.54 Å². The van der Waals surface area contributed by atoms with Crippen LogP contribution in [-0.4, -0.2) is 28.6 Å². The molecule has 0 aliphatic heterocycles. The summed E-state index contributed by atoms with van der Waals surface area (Å²) in [5, 5.41) is 7.85. The molecule has 154 valence electrons. The van der Waals surface area contributed by atoms with E-state index in [-0.39, 0.29) is 25.3 Å². The van der Waals surface area contributed by atoms with Crippen LogP contribution in [0.3, 0.4) is 0 Å². The molecule has 3 rings (SSSR count). The summed E-state index contributed by atoms with van der Waals surface area (Å²) in [6, 6.07) is 18.1. The third kappa shape index (κ3) is 6.63. The van der Waals surface area contributed by atoms with Crippen molar-refractivity contribution in [1.82, 2.24) is 15.6 Å². The molecule has 30 heavy (non-hydrogen) atoms. The number of thiazole rings is 1. The minimum absolute atomic E-state index is 0.183. The van der Waals surface area contributed by atoms with Crippen molar-refractivity contribution in [2.24, 2.45) is 0 Å². The van der Waals surface area contributed by atoms with Crippen LogP contribution in [0.25, 0.3) is 0 Å². The summed E-state index contributed by atoms with van der Waals surface area (Å²) in [5.41, 5.74) is 1.91. The van der Waals surface area contributed by atoms with E-state index in [4.69, 9.17) is 0 Å². The van der Waals surface area contributed by atoms with Gasteiger partial charge in [-0.15, -0.1) is 11.3 Å². The standard InChI is InChI=1S/C23H23N3O3S/c27-20(12-11-17-7-3-1-4-8-17)26-19(15-18-9-5-2-6-10-18)22(28)23(29)25-16-21-24-13-14-30-21/h1-10,13-14,19H,11-12,15-16H2,(H,25,29)(H,26,27)/t19-/m1/s1. The maximum absolute atomic E-state index is 12.8. The van der Waals surface area contributed by atoms with E-state index in [1.54, 1.807) is 11.6 Å². The molecule has 1 aromatic heterocycles. The zero-order valence-corrected chi connectivity index (χ0v) is 17.2. The Morgan fingerprint density at radius 1 is 0.933 bits per heavy atom. The molecule has 2 amide bonds. The number of benzene rings is 2. The number of carbonyl (C=O) groups excluding carboxylic acids is 3. The van der Waals surface area contributed by atoms with Crippen molar-refractivity contribution in [1.29, 1.82) is 0 Å². The Kier molecular flexibility index (Phi) is 7.86. The van der Waals surface area contributed by atoms with Crippen LogP contribution in [0.1, 0.15) is 22.6 Å². The number of hydrogen-bond donors (Lipinski definition) is 2. The van der Waals surface area contributed by atoms with Crippen LogP contribution in [0.4, 0.5) is 0 Å². The highest BCUT2D eigenvalue weighted by atomic mass is 32.1. The number of amides is 2. The summed E-state index contributed by atoms with van der Waals surface area (Å²) in [7, 11) is 0. The van der Waals surface area contributed by atoms with Gasteiger partial charge in [-0.3, -0.25) is 14.4 Å². The van der Waals surface area contributed by atoms with Gasteiger partial charge in [0.15, 0.2) is 0 Å². The van der Waals surface area contributed by atoms with E-state index in [0.29, 0.717) is 11.4 Å². The van der Waals surface area contributed by atoms with Crippen LogP contribution in [0, 0.1) is 0 Å². The zero-order valence-electron chi connectivity index (χ0n) is 16.4. The van der Waals surface area contributed by atoms with Crippen LogP contribution < -0.4 is 10.6 Å². The van der Waals surface area contributed by atoms with E-state index >= 15 is 0 Å². The Labute approximate surface area is 179 Å². The SMILES string of the molecule is O=C(CCc1ccccc1)N[C@H](Cc1ccccc1)C(=O)C(=O)NCc1nccs1. The van der Waals surface area contributed by atoms with Gasteiger partial charge in [-0.1, -0.05) is 60.7 Å². The second kappa shape index (κ2) is 11.0. The predicted molar refractivity (Wildman–Crippen MR) is 116 cm³/mol. The maximum Gasteiger partial charge on any atom is 0.289 e. The Morgan fingerprint density at radius 2 is 1.60 bits per heavy atom. The minimum Gasteiger partial charge on any atom is -0.345 e. The smallest absolute Gasteiger partial charge is 0.289 e. The molecule has 0 aliphatic carbocycles. The topological polar surface area (TPSA) is 88.2 Å². The van der Waals surface area contributed by atoms with Crippen LogP contribution in [0.15, 0.2) is 72.2 Å². The number of Topliss-reactive ketones (excluding diaryl/α,β-unsaturated/α-hetero) is 1. The van der Waals surface area contributed by atoms with E-state index in [1.807, 2.05) is 60.7 Å². The number of nitrogens with one attached hydrogen (secondary N) is 2. The minimum atomic E-state index is -0.924. The molecule has 3 aromatic rings. The predicted octanol–water partition coefficient (Wildman–Crippen LogP) is 2.69. The molecule has 2 aromatic carbocycles. The van der Waals surface area contributed by atoms with E-state index in [9.17, 15) is 14.4 Å². The summed E-state index contributed by atoms with van der Waals surface area (Å²) in [6.07, 6.45) is 2.69. The Hall–Kier alpha value is -3.32. The fourth-order valence-corrected chi connectivity index (χ4v) is 3.53. The summed E-state index contributed by atoms with van der Waals surface area (Å²) < 4.78 is 0. The molecular formula is C23H23N3O3S. The molecule has 0 aliphatic rings. The van der Waals surface area contributed by atoms with Crippen molar-refractivity contribution in [3.05, 3.63) is 88.4 Å². The third-order valence-electron chi connectivity index (χ3n) is 4.53. The van der Waals surface area contributed by atoms with Crippen molar-refractivity contribution < 1.29 is 14.4 Å². The largest absolute Gasteiger partial charge is 0.345 e. The average molecular weight is 422 g/mol. The second-order valence-corrected chi connectivity index (χ2v) is 7.75. The number of aryl methyl sites for hydroxylation is 1. The van der Waals surface area contributed by atoms with Gasteiger partial charge in [-0.2, -0.15) is 0 Å². The lowest BCUT2D eigenvalue weighted by molar-refractivity contribution is -0.140. The lowest BCUT2D eigenvalue weighted by Crippen LogP contribution is -2.48. The van der Waals surface area contributed by atoms with Gasteiger partial charge in [-0.05, 0) is 17.5 Å². The zero-order chi connectivity index (χ0) is 21.2. The molecule has 0 fully saturated rings. The fraction of sp³-hybridized carbons (Fsp3) is 0.217. The first-order valence-corrected chi connectivity index (χ1v) is 10.6. The lowest BCUT2D eigenvalue weighted by atomic mass is 10.0.